The van der Waals surface area contributed by atoms with E-state index in [9.17, 15) is 4.39 Å². The molecule has 0 aliphatic carbocycles. The van der Waals surface area contributed by atoms with Crippen molar-refractivity contribution in [1.29, 1.82) is 0 Å². The maximum atomic E-state index is 14.8. The van der Waals surface area contributed by atoms with E-state index in [0.717, 1.165) is 32.1 Å². The Labute approximate surface area is 120 Å². The molecule has 0 bridgehead atoms. The van der Waals surface area contributed by atoms with Gasteiger partial charge in [0.15, 0.2) is 0 Å². The minimum atomic E-state index is -1.09. The molecule has 0 radical (unpaired) electrons. The predicted octanol–water partition coefficient (Wildman–Crippen LogP) is 5.47. The number of rotatable bonds is 9. The summed E-state index contributed by atoms with van der Waals surface area (Å²) < 4.78 is 14.8. The lowest BCUT2D eigenvalue weighted by molar-refractivity contribution is 0.0529. The Morgan fingerprint density at radius 3 is 1.63 bits per heavy atom. The second-order valence-electron chi connectivity index (χ2n) is 6.98. The van der Waals surface area contributed by atoms with Crippen molar-refractivity contribution in [2.45, 2.75) is 98.2 Å². The molecule has 0 saturated heterocycles. The van der Waals surface area contributed by atoms with Crippen molar-refractivity contribution in [3.8, 4) is 0 Å². The summed E-state index contributed by atoms with van der Waals surface area (Å²) in [4.78, 5) is 0. The zero-order chi connectivity index (χ0) is 15.3. The zero-order valence-corrected chi connectivity index (χ0v) is 14.3. The van der Waals surface area contributed by atoms with Gasteiger partial charge in [-0.1, -0.05) is 47.5 Å². The fourth-order valence-corrected chi connectivity index (χ4v) is 3.21. The Hall–Kier alpha value is -0.110. The summed E-state index contributed by atoms with van der Waals surface area (Å²) in [6.45, 7) is 14.6. The van der Waals surface area contributed by atoms with Crippen molar-refractivity contribution in [1.82, 2.24) is 0 Å². The molecule has 1 nitrogen and oxygen atoms in total. The second kappa shape index (κ2) is 7.06. The lowest BCUT2D eigenvalue weighted by Gasteiger charge is -2.45. The standard InChI is InChI=1S/C17H36FN/c1-8-14(9-2)16(6,18)12-13-17(7,19)15(5,10-3)11-4/h14H,8-13,19H2,1-7H3. The molecule has 2 atom stereocenters. The van der Waals surface area contributed by atoms with Crippen molar-refractivity contribution >= 4 is 0 Å². The molecule has 0 fully saturated rings. The molecule has 19 heavy (non-hydrogen) atoms. The summed E-state index contributed by atoms with van der Waals surface area (Å²) >= 11 is 0. The van der Waals surface area contributed by atoms with Gasteiger partial charge in [-0.3, -0.25) is 0 Å². The minimum absolute atomic E-state index is 0.0943. The van der Waals surface area contributed by atoms with Crippen LogP contribution < -0.4 is 5.73 Å². The van der Waals surface area contributed by atoms with Crippen molar-refractivity contribution in [2.24, 2.45) is 17.1 Å². The highest BCUT2D eigenvalue weighted by Crippen LogP contribution is 2.42. The second-order valence-corrected chi connectivity index (χ2v) is 6.98. The average molecular weight is 273 g/mol. The topological polar surface area (TPSA) is 26.0 Å². The van der Waals surface area contributed by atoms with Crippen molar-refractivity contribution < 1.29 is 4.39 Å². The number of alkyl halides is 1. The summed E-state index contributed by atoms with van der Waals surface area (Å²) in [5, 5.41) is 0. The summed E-state index contributed by atoms with van der Waals surface area (Å²) in [6, 6.07) is 0. The van der Waals surface area contributed by atoms with Crippen molar-refractivity contribution in [2.75, 3.05) is 0 Å². The van der Waals surface area contributed by atoms with E-state index in [0.29, 0.717) is 6.42 Å². The van der Waals surface area contributed by atoms with E-state index in [2.05, 4.69) is 41.5 Å². The van der Waals surface area contributed by atoms with E-state index in [1.54, 1.807) is 6.92 Å². The molecule has 0 aliphatic rings. The first-order chi connectivity index (χ1) is 8.60. The van der Waals surface area contributed by atoms with Gasteiger partial charge in [-0.25, -0.2) is 4.39 Å². The highest BCUT2D eigenvalue weighted by Gasteiger charge is 2.41. The van der Waals surface area contributed by atoms with Crippen LogP contribution in [0.5, 0.6) is 0 Å². The average Bonchev–Trinajstić information content (AvgIpc) is 2.36. The first-order valence-corrected chi connectivity index (χ1v) is 8.08. The van der Waals surface area contributed by atoms with E-state index >= 15 is 0 Å². The largest absolute Gasteiger partial charge is 0.325 e. The fraction of sp³-hybridized carbons (Fsp3) is 1.00. The van der Waals surface area contributed by atoms with Gasteiger partial charge in [0, 0.05) is 5.54 Å². The molecule has 0 aliphatic heterocycles. The summed E-state index contributed by atoms with van der Waals surface area (Å²) in [5.74, 6) is 0.151. The molecule has 2 N–H and O–H groups in total. The molecule has 116 valence electrons. The van der Waals surface area contributed by atoms with E-state index in [1.165, 1.54) is 0 Å². The van der Waals surface area contributed by atoms with Gasteiger partial charge in [-0.05, 0) is 50.9 Å². The van der Waals surface area contributed by atoms with E-state index in [4.69, 9.17) is 5.73 Å². The molecule has 0 amide bonds. The molecule has 2 unspecified atom stereocenters. The predicted molar refractivity (Wildman–Crippen MR) is 84.1 cm³/mol. The van der Waals surface area contributed by atoms with E-state index in [1.807, 2.05) is 0 Å². The van der Waals surface area contributed by atoms with Gasteiger partial charge in [-0.15, -0.1) is 0 Å². The highest BCUT2D eigenvalue weighted by atomic mass is 19.1. The molecule has 0 aromatic rings. The monoisotopic (exact) mass is 273 g/mol. The number of nitrogens with two attached hydrogens (primary N) is 1. The Morgan fingerprint density at radius 1 is 0.895 bits per heavy atom. The third-order valence-electron chi connectivity index (χ3n) is 5.91. The molecule has 2 heteroatoms. The van der Waals surface area contributed by atoms with Crippen LogP contribution >= 0.6 is 0 Å². The number of halogens is 1. The fourth-order valence-electron chi connectivity index (χ4n) is 3.21. The Morgan fingerprint density at radius 2 is 1.32 bits per heavy atom. The zero-order valence-electron chi connectivity index (χ0n) is 14.3. The summed E-state index contributed by atoms with van der Waals surface area (Å²) in [5.41, 5.74) is 5.25. The van der Waals surface area contributed by atoms with Crippen LogP contribution in [0, 0.1) is 11.3 Å². The lowest BCUT2D eigenvalue weighted by Crippen LogP contribution is -2.52. The van der Waals surface area contributed by atoms with Crippen LogP contribution in [-0.2, 0) is 0 Å². The van der Waals surface area contributed by atoms with Crippen LogP contribution in [-0.4, -0.2) is 11.2 Å². The van der Waals surface area contributed by atoms with Gasteiger partial charge >= 0.3 is 0 Å². The first-order valence-electron chi connectivity index (χ1n) is 8.08. The molecular formula is C17H36FN. The quantitative estimate of drug-likeness (QED) is 0.592. The molecule has 0 heterocycles. The van der Waals surface area contributed by atoms with Gasteiger partial charge in [-0.2, -0.15) is 0 Å². The third-order valence-corrected chi connectivity index (χ3v) is 5.91. The van der Waals surface area contributed by atoms with Gasteiger partial charge in [0.1, 0.15) is 5.67 Å². The Bertz CT molecular complexity index is 250. The smallest absolute Gasteiger partial charge is 0.111 e. The molecule has 0 saturated carbocycles. The molecule has 0 aromatic heterocycles. The van der Waals surface area contributed by atoms with Crippen LogP contribution in [0.2, 0.25) is 0 Å². The first kappa shape index (κ1) is 18.9. The van der Waals surface area contributed by atoms with Crippen LogP contribution in [0.3, 0.4) is 0 Å². The van der Waals surface area contributed by atoms with Crippen molar-refractivity contribution in [3.05, 3.63) is 0 Å². The van der Waals surface area contributed by atoms with Crippen LogP contribution in [0.1, 0.15) is 87.0 Å². The van der Waals surface area contributed by atoms with Gasteiger partial charge in [0.25, 0.3) is 0 Å². The summed E-state index contributed by atoms with van der Waals surface area (Å²) in [7, 11) is 0. The van der Waals surface area contributed by atoms with Gasteiger partial charge < -0.3 is 5.73 Å². The van der Waals surface area contributed by atoms with Crippen molar-refractivity contribution in [3.63, 3.8) is 0 Å². The Kier molecular flexibility index (Phi) is 7.02. The third kappa shape index (κ3) is 4.44. The number of hydrogen-bond acceptors (Lipinski definition) is 1. The number of hydrogen-bond donors (Lipinski definition) is 1. The SMILES string of the molecule is CCC(CC)C(C)(F)CCC(C)(N)C(C)(CC)CC. The van der Waals surface area contributed by atoms with Crippen LogP contribution in [0.4, 0.5) is 4.39 Å². The van der Waals surface area contributed by atoms with Gasteiger partial charge in [0.2, 0.25) is 0 Å². The molecule has 0 aromatic carbocycles. The van der Waals surface area contributed by atoms with E-state index in [-0.39, 0.29) is 16.9 Å². The van der Waals surface area contributed by atoms with Gasteiger partial charge in [0.05, 0.1) is 0 Å². The normalized spacial score (nSPS) is 19.3. The maximum Gasteiger partial charge on any atom is 0.111 e. The Balaban J connectivity index is 4.78. The lowest BCUT2D eigenvalue weighted by atomic mass is 9.65. The highest BCUT2D eigenvalue weighted by molar-refractivity contribution is 4.97. The molecule has 0 rings (SSSR count). The maximum absolute atomic E-state index is 14.8. The molecule has 0 spiro atoms. The summed E-state index contributed by atoms with van der Waals surface area (Å²) in [6.07, 6.45) is 5.23. The molecular weight excluding hydrogens is 237 g/mol. The van der Waals surface area contributed by atoms with Crippen LogP contribution in [0.25, 0.3) is 0 Å². The van der Waals surface area contributed by atoms with E-state index < -0.39 is 5.67 Å². The van der Waals surface area contributed by atoms with Crippen LogP contribution in [0.15, 0.2) is 0 Å². The minimum Gasteiger partial charge on any atom is -0.325 e.